The number of aliphatic hydroxyl groups excluding tert-OH is 1. The average molecular weight is 1160 g/mol. The fraction of sp³-hybridized carbons (Fsp3) is 0.533. The first-order valence-electron chi connectivity index (χ1n) is 22.9. The lowest BCUT2D eigenvalue weighted by Crippen LogP contribution is -2.38. The van der Waals surface area contributed by atoms with Crippen LogP contribution in [0, 0.1) is 24.6 Å². The third-order valence-corrected chi connectivity index (χ3v) is 20.5. The van der Waals surface area contributed by atoms with E-state index in [0.717, 1.165) is 28.1 Å². The van der Waals surface area contributed by atoms with Crippen LogP contribution in [0.15, 0.2) is 58.8 Å². The van der Waals surface area contributed by atoms with E-state index in [1.165, 1.54) is 56.5 Å². The smallest absolute Gasteiger partial charge is 0.478 e. The Balaban J connectivity index is 1.14. The molecule has 21 nitrogen and oxygen atoms in total. The van der Waals surface area contributed by atoms with Crippen LogP contribution in [-0.2, 0) is 41.1 Å². The fourth-order valence-electron chi connectivity index (χ4n) is 7.68. The summed E-state index contributed by atoms with van der Waals surface area (Å²) in [6.07, 6.45) is 0.248. The van der Waals surface area contributed by atoms with Gasteiger partial charge in [-0.25, -0.2) is 18.5 Å². The molecule has 29 heteroatoms. The molecule has 0 aromatic heterocycles. The molecule has 2 aromatic rings. The first kappa shape index (κ1) is 62.2. The largest absolute Gasteiger partial charge is 0.490 e. The Morgan fingerprint density at radius 3 is 2.32 bits per heavy atom. The van der Waals surface area contributed by atoms with Gasteiger partial charge in [0.25, 0.3) is 13.2 Å². The molecule has 1 fully saturated rings. The number of carbonyl (C=O) groups excluding carboxylic acids is 1. The molecular weight excluding hydrogens is 1100 g/mol. The van der Waals surface area contributed by atoms with E-state index in [4.69, 9.17) is 33.3 Å². The molecule has 0 bridgehead atoms. The minimum atomic E-state index is -5.76. The molecule has 74 heavy (non-hydrogen) atoms. The van der Waals surface area contributed by atoms with Gasteiger partial charge in [-0.15, -0.1) is 0 Å². The van der Waals surface area contributed by atoms with Crippen molar-refractivity contribution in [3.63, 3.8) is 0 Å². The first-order valence-corrected chi connectivity index (χ1v) is 32.1. The predicted molar refractivity (Wildman–Crippen MR) is 290 cm³/mol. The van der Waals surface area contributed by atoms with Crippen molar-refractivity contribution >= 4 is 97.2 Å². The molecular formula is C45H62BN3O18P3S4. The van der Waals surface area contributed by atoms with E-state index in [9.17, 15) is 43.3 Å². The molecule has 8 atom stereocenters. The number of ether oxygens (including phenoxy) is 4. The van der Waals surface area contributed by atoms with E-state index >= 15 is 0 Å². The SMILES string of the molecule is CCN=C1C=C2Oc3cc(NCC)c(C)cc3C(c3ccc(C(=O)NCC(C)(C)SSCOCC#C[B]C4OC(COP(=O)(O)OP(=O)(O)OP(=O)(O)O)C(OCSSC(C)(C)C)C4O)cc3C(=O)O)C2C=C1C. The molecule has 0 spiro atoms. The maximum Gasteiger partial charge on any atom is 0.490 e. The number of carboxylic acid groups (broad SMARTS) is 1. The molecule has 2 aromatic carbocycles. The summed E-state index contributed by atoms with van der Waals surface area (Å²) in [6.45, 7) is 18.4. The molecule has 1 amide bonds. The number of carboxylic acids is 1. The third-order valence-electron chi connectivity index (χ3n) is 10.7. The number of phosphoric acid groups is 3. The Bertz CT molecular complexity index is 2670. The zero-order chi connectivity index (χ0) is 54.8. The number of nitrogens with one attached hydrogen (secondary N) is 2. The van der Waals surface area contributed by atoms with Gasteiger partial charge < -0.3 is 59.4 Å². The van der Waals surface area contributed by atoms with Crippen LogP contribution in [0.5, 0.6) is 5.75 Å². The zero-order valence-corrected chi connectivity index (χ0v) is 48.0. The summed E-state index contributed by atoms with van der Waals surface area (Å²) in [5, 5.41) is 28.0. The number of amides is 1. The second-order valence-corrected chi connectivity index (χ2v) is 28.8. The van der Waals surface area contributed by atoms with Crippen molar-refractivity contribution in [2.45, 2.75) is 102 Å². The van der Waals surface area contributed by atoms with Gasteiger partial charge in [0.15, 0.2) is 0 Å². The van der Waals surface area contributed by atoms with Crippen molar-refractivity contribution in [3.05, 3.63) is 81.6 Å². The van der Waals surface area contributed by atoms with Gasteiger partial charge in [0.2, 0.25) is 0 Å². The van der Waals surface area contributed by atoms with Gasteiger partial charge in [-0.3, -0.25) is 14.3 Å². The van der Waals surface area contributed by atoms with Crippen LogP contribution in [0.1, 0.15) is 98.7 Å². The van der Waals surface area contributed by atoms with Gasteiger partial charge in [-0.2, -0.15) is 14.4 Å². The molecule has 2 heterocycles. The van der Waals surface area contributed by atoms with E-state index in [2.05, 4.69) is 42.1 Å². The number of phosphoric ester groups is 1. The number of anilines is 1. The van der Waals surface area contributed by atoms with Gasteiger partial charge in [0.05, 0.1) is 23.9 Å². The molecule has 3 aliphatic rings. The Morgan fingerprint density at radius 1 is 0.946 bits per heavy atom. The van der Waals surface area contributed by atoms with Gasteiger partial charge >= 0.3 is 29.4 Å². The molecule has 2 aliphatic heterocycles. The lowest BCUT2D eigenvalue weighted by atomic mass is 9.70. The molecule has 5 rings (SSSR count). The summed E-state index contributed by atoms with van der Waals surface area (Å²) in [6, 6.07) is 7.68. The van der Waals surface area contributed by atoms with E-state index < -0.39 is 76.9 Å². The van der Waals surface area contributed by atoms with Crippen LogP contribution in [0.4, 0.5) is 5.69 Å². The predicted octanol–water partition coefficient (Wildman–Crippen LogP) is 8.05. The number of fused-ring (bicyclic) bond motifs is 2. The standard InChI is InChI=1S/C45H62BN3O18P3S4/c1-10-47-33-20-35-31(17-26(33)3)38(32-18-27(4)34(48-11-2)21-36(32)64-35)29-14-13-28(19-30(29)43(52)53)42(51)49-23-45(8,9)74-71-24-61-16-12-15-46-41-39(50)40(62-25-72-73-44(5,6)7)37(65-41)22-63-69(57,58)67-70(59,60)66-68(54,55)56/h13-14,17-21,31,37-41,48,50H,10-11,16,22-25H2,1-9H3,(H,49,51)(H,52,53)(H,57,58)(H,59,60)(H2,54,55,56). The van der Waals surface area contributed by atoms with Crippen molar-refractivity contribution < 1.29 is 85.2 Å². The van der Waals surface area contributed by atoms with Crippen LogP contribution < -0.4 is 15.4 Å². The number of benzene rings is 2. The first-order chi connectivity index (χ1) is 34.5. The number of aliphatic hydroxyl groups is 1. The Kier molecular flexibility index (Phi) is 22.6. The fourth-order valence-corrected chi connectivity index (χ4v) is 14.8. The number of aliphatic imine (C=N–C) groups is 1. The van der Waals surface area contributed by atoms with Crippen LogP contribution in [0.2, 0.25) is 0 Å². The molecule has 8 unspecified atom stereocenters. The highest BCUT2D eigenvalue weighted by atomic mass is 33.1. The van der Waals surface area contributed by atoms with Crippen LogP contribution >= 0.6 is 66.6 Å². The van der Waals surface area contributed by atoms with Gasteiger partial charge in [0.1, 0.15) is 48.3 Å². The molecule has 1 radical (unpaired) electrons. The second kappa shape index (κ2) is 26.8. The van der Waals surface area contributed by atoms with E-state index in [0.29, 0.717) is 30.2 Å². The van der Waals surface area contributed by atoms with Crippen LogP contribution in [-0.4, -0.2) is 133 Å². The van der Waals surface area contributed by atoms with Crippen molar-refractivity contribution in [3.8, 4) is 17.5 Å². The van der Waals surface area contributed by atoms with Crippen molar-refractivity contribution in [1.82, 2.24) is 5.32 Å². The molecule has 407 valence electrons. The Hall–Kier alpha value is -2.60. The third kappa shape index (κ3) is 18.5. The molecule has 1 saturated heterocycles. The second-order valence-electron chi connectivity index (χ2n) is 18.4. The summed E-state index contributed by atoms with van der Waals surface area (Å²) in [5.74, 6) is 4.69. The highest BCUT2D eigenvalue weighted by Gasteiger charge is 2.47. The molecule has 1 aliphatic carbocycles. The normalized spacial score (nSPS) is 22.9. The maximum atomic E-state index is 13.6. The average Bonchev–Trinajstić information content (AvgIpc) is 3.58. The summed E-state index contributed by atoms with van der Waals surface area (Å²) in [7, 11) is -9.88. The lowest BCUT2D eigenvalue weighted by molar-refractivity contribution is -0.0361. The minimum Gasteiger partial charge on any atom is -0.478 e. The number of hydrogen-bond acceptors (Lipinski definition) is 19. The quantitative estimate of drug-likeness (QED) is 0.0116. The highest BCUT2D eigenvalue weighted by molar-refractivity contribution is 8.77. The van der Waals surface area contributed by atoms with Crippen molar-refractivity contribution in [2.24, 2.45) is 10.9 Å². The summed E-state index contributed by atoms with van der Waals surface area (Å²) < 4.78 is 70.5. The van der Waals surface area contributed by atoms with Crippen molar-refractivity contribution in [1.29, 1.82) is 0 Å². The number of hydrogen-bond donors (Lipinski definition) is 8. The van der Waals surface area contributed by atoms with Crippen LogP contribution in [0.3, 0.4) is 0 Å². The number of allylic oxidation sites excluding steroid dienone is 3. The van der Waals surface area contributed by atoms with E-state index in [1.54, 1.807) is 12.1 Å². The van der Waals surface area contributed by atoms with Gasteiger partial charge in [0, 0.05) is 69.9 Å². The van der Waals surface area contributed by atoms with Crippen molar-refractivity contribution in [2.75, 3.05) is 50.0 Å². The summed E-state index contributed by atoms with van der Waals surface area (Å²) in [4.78, 5) is 68.3. The summed E-state index contributed by atoms with van der Waals surface area (Å²) >= 11 is 0. The van der Waals surface area contributed by atoms with Gasteiger partial charge in [-0.05, 0) is 76.4 Å². The Morgan fingerprint density at radius 2 is 1.66 bits per heavy atom. The number of rotatable bonds is 25. The van der Waals surface area contributed by atoms with E-state index in [1.807, 2.05) is 80.5 Å². The van der Waals surface area contributed by atoms with Gasteiger partial charge in [-0.1, -0.05) is 82.0 Å². The maximum absolute atomic E-state index is 13.6. The number of nitrogens with zero attached hydrogens (tertiary/aromatic N) is 1. The number of aryl methyl sites for hydroxylation is 1. The van der Waals surface area contributed by atoms with Crippen LogP contribution in [0.25, 0.3) is 0 Å². The topological polar surface area (TPSA) is 308 Å². The summed E-state index contributed by atoms with van der Waals surface area (Å²) in [5.41, 5.74) is 5.25. The number of aromatic carboxylic acids is 1. The van der Waals surface area contributed by atoms with E-state index in [-0.39, 0.29) is 46.8 Å². The molecule has 8 N–H and O–H groups in total. The molecule has 0 saturated carbocycles. The minimum absolute atomic E-state index is 0.00640. The lowest BCUT2D eigenvalue weighted by Gasteiger charge is -2.37. The number of carbonyl (C=O) groups is 2. The zero-order valence-electron chi connectivity index (χ0n) is 42.0. The highest BCUT2D eigenvalue weighted by Crippen LogP contribution is 2.66. The Labute approximate surface area is 447 Å². The monoisotopic (exact) mass is 1160 g/mol.